The molecule has 0 spiro atoms. The molecule has 206 valence electrons. The number of aliphatic hydroxyl groups excluding tert-OH is 1. The standard InChI is InChI=1S/C30H34N2O6S/c1-27(2)37-23-13-19-18-8-7-16-12-17(33)9-10-28(16,3)24(18)20(34)14-29(19,4)30(23,38-27)22(35)15-39-26-32-25-21(36-26)6-5-11-31-25/h5-6,9-12,18-20,23-24,34H,7-8,13-15H2,1-4H3/t18?,19?,20-,23-,24?,28?,29?,30+/m0/s1. The molecule has 4 aliphatic carbocycles. The minimum atomic E-state index is -1.18. The van der Waals surface area contributed by atoms with Gasteiger partial charge in [-0.05, 0) is 75.7 Å². The molecule has 2 aromatic rings. The Kier molecular flexibility index (Phi) is 5.48. The molecule has 3 saturated carbocycles. The zero-order valence-electron chi connectivity index (χ0n) is 22.7. The summed E-state index contributed by atoms with van der Waals surface area (Å²) in [5.74, 6) is -0.542. The molecule has 9 heteroatoms. The van der Waals surface area contributed by atoms with Gasteiger partial charge in [-0.3, -0.25) is 9.59 Å². The molecule has 7 rings (SSSR count). The van der Waals surface area contributed by atoms with E-state index in [4.69, 9.17) is 13.9 Å². The number of nitrogens with zero attached hydrogens (tertiary/aromatic N) is 2. The number of aromatic nitrogens is 2. The summed E-state index contributed by atoms with van der Waals surface area (Å²) in [4.78, 5) is 35.1. The number of Topliss-reactive ketones (excluding diaryl/α,β-unsaturated/α-hetero) is 1. The average molecular weight is 551 g/mol. The number of aliphatic hydroxyl groups is 1. The van der Waals surface area contributed by atoms with Crippen LogP contribution in [-0.2, 0) is 19.1 Å². The van der Waals surface area contributed by atoms with E-state index in [9.17, 15) is 14.7 Å². The molecule has 3 heterocycles. The van der Waals surface area contributed by atoms with Gasteiger partial charge in [-0.2, -0.15) is 4.98 Å². The molecular formula is C30H34N2O6S. The Balaban J connectivity index is 1.23. The minimum absolute atomic E-state index is 0.0206. The van der Waals surface area contributed by atoms with Crippen LogP contribution in [0.15, 0.2) is 51.8 Å². The highest BCUT2D eigenvalue weighted by Gasteiger charge is 2.76. The van der Waals surface area contributed by atoms with Crippen LogP contribution in [0.3, 0.4) is 0 Å². The van der Waals surface area contributed by atoms with E-state index in [0.717, 1.165) is 18.4 Å². The summed E-state index contributed by atoms with van der Waals surface area (Å²) in [6.45, 7) is 8.01. The van der Waals surface area contributed by atoms with E-state index in [-0.39, 0.29) is 40.5 Å². The summed E-state index contributed by atoms with van der Waals surface area (Å²) in [5.41, 5.74) is 0.0393. The van der Waals surface area contributed by atoms with Crippen molar-refractivity contribution >= 4 is 34.6 Å². The summed E-state index contributed by atoms with van der Waals surface area (Å²) in [5, 5.41) is 12.2. The van der Waals surface area contributed by atoms with Crippen LogP contribution < -0.4 is 0 Å². The normalized spacial score (nSPS) is 42.0. The quantitative estimate of drug-likeness (QED) is 0.543. The smallest absolute Gasteiger partial charge is 0.258 e. The summed E-state index contributed by atoms with van der Waals surface area (Å²) in [6, 6.07) is 3.59. The van der Waals surface area contributed by atoms with Crippen molar-refractivity contribution in [2.75, 3.05) is 5.75 Å². The van der Waals surface area contributed by atoms with Gasteiger partial charge in [0.25, 0.3) is 5.22 Å². The Hall–Kier alpha value is -2.33. The summed E-state index contributed by atoms with van der Waals surface area (Å²) < 4.78 is 19.0. The molecule has 5 aliphatic rings. The largest absolute Gasteiger partial charge is 0.430 e. The van der Waals surface area contributed by atoms with Crippen LogP contribution in [0.25, 0.3) is 11.2 Å². The summed E-state index contributed by atoms with van der Waals surface area (Å²) in [6.07, 6.45) is 8.85. The number of ketones is 2. The van der Waals surface area contributed by atoms with Crippen LogP contribution in [0.2, 0.25) is 0 Å². The first-order valence-corrected chi connectivity index (χ1v) is 14.8. The molecule has 1 N–H and O–H groups in total. The van der Waals surface area contributed by atoms with E-state index in [1.807, 2.05) is 19.9 Å². The van der Waals surface area contributed by atoms with Gasteiger partial charge in [-0.15, -0.1) is 0 Å². The Bertz CT molecular complexity index is 1410. The van der Waals surface area contributed by atoms with Crippen LogP contribution in [0.1, 0.15) is 53.4 Å². The SMILES string of the molecule is CC1(C)O[C@H]2CC3C4CCC5=CC(=O)C=CC5(C)C4[C@@H](O)CC3(C)[C@]2(C(=O)CSc2nc3ncccc3o2)O1. The van der Waals surface area contributed by atoms with Crippen LogP contribution >= 0.6 is 11.8 Å². The van der Waals surface area contributed by atoms with Crippen LogP contribution in [0.4, 0.5) is 0 Å². The maximum Gasteiger partial charge on any atom is 0.258 e. The molecule has 1 saturated heterocycles. The van der Waals surface area contributed by atoms with E-state index in [1.165, 1.54) is 11.8 Å². The lowest BCUT2D eigenvalue weighted by Crippen LogP contribution is -2.63. The number of fused-ring (bicyclic) bond motifs is 8. The molecule has 0 amide bonds. The number of carbonyl (C=O) groups excluding carboxylic acids is 2. The van der Waals surface area contributed by atoms with Crippen molar-refractivity contribution in [1.82, 2.24) is 9.97 Å². The Labute approximate surface area is 231 Å². The molecule has 2 aromatic heterocycles. The number of allylic oxidation sites excluding steroid dienone is 4. The van der Waals surface area contributed by atoms with Crippen molar-refractivity contribution in [3.05, 3.63) is 42.1 Å². The molecule has 1 aliphatic heterocycles. The third-order valence-electron chi connectivity index (χ3n) is 10.4. The van der Waals surface area contributed by atoms with Gasteiger partial charge in [-0.25, -0.2) is 4.98 Å². The number of oxazole rings is 1. The second-order valence-electron chi connectivity index (χ2n) is 12.8. The summed E-state index contributed by atoms with van der Waals surface area (Å²) >= 11 is 1.25. The van der Waals surface area contributed by atoms with Crippen LogP contribution in [0, 0.1) is 28.6 Å². The van der Waals surface area contributed by atoms with Crippen LogP contribution in [0.5, 0.6) is 0 Å². The van der Waals surface area contributed by atoms with E-state index in [1.54, 1.807) is 30.5 Å². The number of ether oxygens (including phenoxy) is 2. The van der Waals surface area contributed by atoms with Gasteiger partial charge >= 0.3 is 0 Å². The topological polar surface area (TPSA) is 112 Å². The second kappa shape index (κ2) is 8.35. The highest BCUT2D eigenvalue weighted by atomic mass is 32.2. The number of hydrogen-bond acceptors (Lipinski definition) is 9. The fourth-order valence-corrected chi connectivity index (χ4v) is 9.74. The molecule has 0 bridgehead atoms. The van der Waals surface area contributed by atoms with Gasteiger partial charge in [-0.1, -0.05) is 37.3 Å². The lowest BCUT2D eigenvalue weighted by atomic mass is 9.46. The molecule has 8 atom stereocenters. The second-order valence-corrected chi connectivity index (χ2v) is 13.7. The summed E-state index contributed by atoms with van der Waals surface area (Å²) in [7, 11) is 0. The van der Waals surface area contributed by atoms with Crippen molar-refractivity contribution in [2.45, 2.75) is 82.2 Å². The van der Waals surface area contributed by atoms with E-state index in [0.29, 0.717) is 29.3 Å². The predicted octanol–water partition coefficient (Wildman–Crippen LogP) is 4.66. The average Bonchev–Trinajstić information content (AvgIpc) is 3.49. The third-order valence-corrected chi connectivity index (χ3v) is 11.2. The minimum Gasteiger partial charge on any atom is -0.430 e. The number of thioether (sulfide) groups is 1. The first kappa shape index (κ1) is 25.6. The molecule has 5 unspecified atom stereocenters. The number of hydrogen-bond donors (Lipinski definition) is 1. The van der Waals surface area contributed by atoms with Crippen molar-refractivity contribution in [2.24, 2.45) is 28.6 Å². The lowest BCUT2D eigenvalue weighted by Gasteiger charge is -2.60. The van der Waals surface area contributed by atoms with Crippen molar-refractivity contribution in [1.29, 1.82) is 0 Å². The van der Waals surface area contributed by atoms with Crippen LogP contribution in [-0.4, -0.2) is 56.0 Å². The van der Waals surface area contributed by atoms with E-state index < -0.39 is 29.0 Å². The monoisotopic (exact) mass is 550 g/mol. The van der Waals surface area contributed by atoms with Crippen molar-refractivity contribution in [3.63, 3.8) is 0 Å². The number of pyridine rings is 1. The Morgan fingerprint density at radius 3 is 2.87 bits per heavy atom. The molecule has 0 radical (unpaired) electrons. The molecular weight excluding hydrogens is 516 g/mol. The lowest BCUT2D eigenvalue weighted by molar-refractivity contribution is -0.223. The Morgan fingerprint density at radius 1 is 1.26 bits per heavy atom. The molecule has 4 fully saturated rings. The van der Waals surface area contributed by atoms with Gasteiger partial charge in [0.2, 0.25) is 0 Å². The number of rotatable bonds is 4. The highest BCUT2D eigenvalue weighted by molar-refractivity contribution is 7.99. The van der Waals surface area contributed by atoms with Gasteiger partial charge in [0.05, 0.1) is 18.0 Å². The Morgan fingerprint density at radius 2 is 2.08 bits per heavy atom. The first-order valence-electron chi connectivity index (χ1n) is 13.8. The van der Waals surface area contributed by atoms with Gasteiger partial charge in [0, 0.05) is 22.9 Å². The molecule has 39 heavy (non-hydrogen) atoms. The van der Waals surface area contributed by atoms with E-state index in [2.05, 4.69) is 23.8 Å². The maximum atomic E-state index is 14.3. The maximum absolute atomic E-state index is 14.3. The third kappa shape index (κ3) is 3.49. The van der Waals surface area contributed by atoms with E-state index >= 15 is 0 Å². The zero-order valence-corrected chi connectivity index (χ0v) is 23.5. The van der Waals surface area contributed by atoms with Gasteiger partial charge < -0.3 is 19.0 Å². The van der Waals surface area contributed by atoms with Gasteiger partial charge in [0.1, 0.15) is 0 Å². The zero-order chi connectivity index (χ0) is 27.4. The fourth-order valence-electron chi connectivity index (χ4n) is 8.97. The number of carbonyl (C=O) groups is 2. The fraction of sp³-hybridized carbons (Fsp3) is 0.600. The molecule has 0 aromatic carbocycles. The molecule has 8 nitrogen and oxygen atoms in total. The first-order chi connectivity index (χ1) is 18.5. The van der Waals surface area contributed by atoms with Crippen molar-refractivity contribution in [3.8, 4) is 0 Å². The van der Waals surface area contributed by atoms with Gasteiger partial charge in [0.15, 0.2) is 34.2 Å². The predicted molar refractivity (Wildman–Crippen MR) is 144 cm³/mol. The highest BCUT2D eigenvalue weighted by Crippen LogP contribution is 2.70. The van der Waals surface area contributed by atoms with Crippen molar-refractivity contribution < 1.29 is 28.6 Å².